The number of aliphatic imine (C=N–C) groups is 1. The van der Waals surface area contributed by atoms with Gasteiger partial charge in [0, 0.05) is 6.04 Å². The SMILES string of the molecule is CCCC1CN=C(N)N1C(C)C. The predicted molar refractivity (Wildman–Crippen MR) is 52.2 cm³/mol. The first kappa shape index (κ1) is 9.36. The van der Waals surface area contributed by atoms with Gasteiger partial charge in [-0.25, -0.2) is 0 Å². The molecule has 12 heavy (non-hydrogen) atoms. The van der Waals surface area contributed by atoms with Gasteiger partial charge in [-0.05, 0) is 20.3 Å². The summed E-state index contributed by atoms with van der Waals surface area (Å²) in [7, 11) is 0. The molecule has 3 nitrogen and oxygen atoms in total. The molecule has 0 aromatic rings. The van der Waals surface area contributed by atoms with E-state index in [9.17, 15) is 0 Å². The molecule has 0 saturated heterocycles. The van der Waals surface area contributed by atoms with E-state index in [1.807, 2.05) is 0 Å². The summed E-state index contributed by atoms with van der Waals surface area (Å²) >= 11 is 0. The summed E-state index contributed by atoms with van der Waals surface area (Å²) in [6, 6.07) is 1.03. The smallest absolute Gasteiger partial charge is 0.191 e. The molecule has 1 atom stereocenters. The maximum atomic E-state index is 5.78. The zero-order chi connectivity index (χ0) is 9.14. The van der Waals surface area contributed by atoms with Crippen LogP contribution in [0.4, 0.5) is 0 Å². The van der Waals surface area contributed by atoms with E-state index in [1.165, 1.54) is 12.8 Å². The second-order valence-electron chi connectivity index (χ2n) is 3.64. The van der Waals surface area contributed by atoms with E-state index >= 15 is 0 Å². The van der Waals surface area contributed by atoms with Crippen molar-refractivity contribution in [3.05, 3.63) is 0 Å². The minimum absolute atomic E-state index is 0.479. The molecule has 1 unspecified atom stereocenters. The van der Waals surface area contributed by atoms with Crippen LogP contribution in [0.25, 0.3) is 0 Å². The molecule has 0 fully saturated rings. The summed E-state index contributed by atoms with van der Waals surface area (Å²) in [5.74, 6) is 0.725. The lowest BCUT2D eigenvalue weighted by Crippen LogP contribution is -2.45. The lowest BCUT2D eigenvalue weighted by molar-refractivity contribution is 0.272. The van der Waals surface area contributed by atoms with Gasteiger partial charge in [0.1, 0.15) is 0 Å². The topological polar surface area (TPSA) is 41.6 Å². The minimum atomic E-state index is 0.479. The first-order chi connectivity index (χ1) is 5.66. The van der Waals surface area contributed by atoms with Crippen LogP contribution in [0.5, 0.6) is 0 Å². The number of nitrogens with zero attached hydrogens (tertiary/aromatic N) is 2. The number of hydrogen-bond acceptors (Lipinski definition) is 3. The standard InChI is InChI=1S/C9H19N3/c1-4-5-8-6-11-9(10)12(8)7(2)3/h7-8H,4-6H2,1-3H3,(H2,10,11). The van der Waals surface area contributed by atoms with Crippen LogP contribution in [0, 0.1) is 0 Å². The third-order valence-electron chi connectivity index (χ3n) is 2.30. The molecule has 1 aliphatic heterocycles. The van der Waals surface area contributed by atoms with Crippen LogP contribution < -0.4 is 5.73 Å². The van der Waals surface area contributed by atoms with Crippen LogP contribution in [0.15, 0.2) is 4.99 Å². The highest BCUT2D eigenvalue weighted by molar-refractivity contribution is 5.80. The highest BCUT2D eigenvalue weighted by Crippen LogP contribution is 2.16. The number of hydrogen-bond donors (Lipinski definition) is 1. The summed E-state index contributed by atoms with van der Waals surface area (Å²) < 4.78 is 0. The van der Waals surface area contributed by atoms with Gasteiger partial charge in [0.15, 0.2) is 5.96 Å². The Bertz CT molecular complexity index is 175. The van der Waals surface area contributed by atoms with E-state index in [4.69, 9.17) is 5.73 Å². The van der Waals surface area contributed by atoms with Crippen molar-refractivity contribution in [1.29, 1.82) is 0 Å². The second-order valence-corrected chi connectivity index (χ2v) is 3.64. The Morgan fingerprint density at radius 1 is 1.67 bits per heavy atom. The fourth-order valence-electron chi connectivity index (χ4n) is 1.81. The Morgan fingerprint density at radius 3 is 2.83 bits per heavy atom. The van der Waals surface area contributed by atoms with E-state index in [0.717, 1.165) is 12.5 Å². The largest absolute Gasteiger partial charge is 0.370 e. The molecule has 0 bridgehead atoms. The summed E-state index contributed by atoms with van der Waals surface area (Å²) in [5.41, 5.74) is 5.78. The molecule has 0 spiro atoms. The van der Waals surface area contributed by atoms with E-state index in [-0.39, 0.29) is 0 Å². The monoisotopic (exact) mass is 169 g/mol. The van der Waals surface area contributed by atoms with Gasteiger partial charge in [-0.3, -0.25) is 4.99 Å². The lowest BCUT2D eigenvalue weighted by atomic mass is 10.1. The lowest BCUT2D eigenvalue weighted by Gasteiger charge is -2.29. The zero-order valence-electron chi connectivity index (χ0n) is 8.25. The molecule has 0 radical (unpaired) electrons. The number of nitrogens with two attached hydrogens (primary N) is 1. The fourth-order valence-corrected chi connectivity index (χ4v) is 1.81. The van der Waals surface area contributed by atoms with Crippen LogP contribution in [-0.2, 0) is 0 Å². The van der Waals surface area contributed by atoms with Crippen molar-refractivity contribution < 1.29 is 0 Å². The van der Waals surface area contributed by atoms with Crippen molar-refractivity contribution in [2.45, 2.75) is 45.7 Å². The Morgan fingerprint density at radius 2 is 2.33 bits per heavy atom. The molecule has 1 heterocycles. The van der Waals surface area contributed by atoms with Crippen molar-refractivity contribution >= 4 is 5.96 Å². The molecule has 0 amide bonds. The Kier molecular flexibility index (Phi) is 2.95. The average Bonchev–Trinajstić information content (AvgIpc) is 2.32. The highest BCUT2D eigenvalue weighted by Gasteiger charge is 2.26. The molecule has 0 aliphatic carbocycles. The second kappa shape index (κ2) is 3.78. The number of guanidine groups is 1. The van der Waals surface area contributed by atoms with Gasteiger partial charge < -0.3 is 10.6 Å². The first-order valence-corrected chi connectivity index (χ1v) is 4.75. The van der Waals surface area contributed by atoms with Gasteiger partial charge in [0.2, 0.25) is 0 Å². The molecule has 0 aromatic heterocycles. The molecule has 1 rings (SSSR count). The van der Waals surface area contributed by atoms with Crippen LogP contribution in [0.1, 0.15) is 33.6 Å². The third kappa shape index (κ3) is 1.71. The average molecular weight is 169 g/mol. The maximum absolute atomic E-state index is 5.78. The van der Waals surface area contributed by atoms with Gasteiger partial charge in [-0.1, -0.05) is 13.3 Å². The molecule has 70 valence electrons. The fraction of sp³-hybridized carbons (Fsp3) is 0.889. The van der Waals surface area contributed by atoms with Crippen molar-refractivity contribution in [2.75, 3.05) is 6.54 Å². The molecule has 1 aliphatic rings. The van der Waals surface area contributed by atoms with Crippen molar-refractivity contribution in [3.63, 3.8) is 0 Å². The molecular formula is C9H19N3. The molecule has 0 aromatic carbocycles. The Hall–Kier alpha value is -0.730. The van der Waals surface area contributed by atoms with Gasteiger partial charge in [-0.2, -0.15) is 0 Å². The quantitative estimate of drug-likeness (QED) is 0.689. The Labute approximate surface area is 74.6 Å². The van der Waals surface area contributed by atoms with E-state index in [2.05, 4.69) is 30.7 Å². The summed E-state index contributed by atoms with van der Waals surface area (Å²) in [5, 5.41) is 0. The Balaban J connectivity index is 2.57. The first-order valence-electron chi connectivity index (χ1n) is 4.75. The van der Waals surface area contributed by atoms with Crippen molar-refractivity contribution in [1.82, 2.24) is 4.90 Å². The molecular weight excluding hydrogens is 150 g/mol. The zero-order valence-corrected chi connectivity index (χ0v) is 8.25. The van der Waals surface area contributed by atoms with Gasteiger partial charge in [-0.15, -0.1) is 0 Å². The summed E-state index contributed by atoms with van der Waals surface area (Å²) in [6.07, 6.45) is 2.40. The van der Waals surface area contributed by atoms with Crippen LogP contribution in [0.2, 0.25) is 0 Å². The van der Waals surface area contributed by atoms with Crippen LogP contribution in [0.3, 0.4) is 0 Å². The molecule has 2 N–H and O–H groups in total. The summed E-state index contributed by atoms with van der Waals surface area (Å²) in [4.78, 5) is 6.48. The van der Waals surface area contributed by atoms with Gasteiger partial charge in [0.25, 0.3) is 0 Å². The van der Waals surface area contributed by atoms with E-state index < -0.39 is 0 Å². The molecule has 0 saturated carbocycles. The number of rotatable bonds is 3. The van der Waals surface area contributed by atoms with Gasteiger partial charge in [0.05, 0.1) is 12.6 Å². The third-order valence-corrected chi connectivity index (χ3v) is 2.30. The van der Waals surface area contributed by atoms with Gasteiger partial charge >= 0.3 is 0 Å². The minimum Gasteiger partial charge on any atom is -0.370 e. The highest BCUT2D eigenvalue weighted by atomic mass is 15.3. The maximum Gasteiger partial charge on any atom is 0.191 e. The van der Waals surface area contributed by atoms with E-state index in [1.54, 1.807) is 0 Å². The normalized spacial score (nSPS) is 23.5. The van der Waals surface area contributed by atoms with E-state index in [0.29, 0.717) is 12.1 Å². The molecule has 3 heteroatoms. The predicted octanol–water partition coefficient (Wildman–Crippen LogP) is 1.19. The van der Waals surface area contributed by atoms with Crippen LogP contribution >= 0.6 is 0 Å². The van der Waals surface area contributed by atoms with Crippen LogP contribution in [-0.4, -0.2) is 29.5 Å². The van der Waals surface area contributed by atoms with Crippen molar-refractivity contribution in [3.8, 4) is 0 Å². The van der Waals surface area contributed by atoms with Crippen molar-refractivity contribution in [2.24, 2.45) is 10.7 Å². The summed E-state index contributed by atoms with van der Waals surface area (Å²) in [6.45, 7) is 7.41.